The van der Waals surface area contributed by atoms with Crippen LogP contribution in [0.4, 0.5) is 0 Å². The van der Waals surface area contributed by atoms with Gasteiger partial charge in [0.2, 0.25) is 5.89 Å². The van der Waals surface area contributed by atoms with E-state index >= 15 is 0 Å². The second-order valence-electron chi connectivity index (χ2n) is 4.00. The number of aromatic nitrogens is 1. The molecular weight excluding hydrogens is 264 g/mol. The molecule has 4 nitrogen and oxygen atoms in total. The van der Waals surface area contributed by atoms with Gasteiger partial charge in [-0.1, -0.05) is 28.9 Å². The van der Waals surface area contributed by atoms with Gasteiger partial charge in [-0.15, -0.1) is 0 Å². The number of benzene rings is 2. The Hall–Kier alpha value is -2.33. The van der Waals surface area contributed by atoms with Crippen LogP contribution in [0.5, 0.6) is 0 Å². The summed E-state index contributed by atoms with van der Waals surface area (Å²) in [5.41, 5.74) is 2.97. The van der Waals surface area contributed by atoms with Gasteiger partial charge in [0, 0.05) is 10.6 Å². The molecular formula is C14H9ClN2O2. The zero-order valence-electron chi connectivity index (χ0n) is 9.75. The number of halogens is 1. The van der Waals surface area contributed by atoms with Crippen LogP contribution < -0.4 is 0 Å². The van der Waals surface area contributed by atoms with Crippen molar-refractivity contribution in [1.82, 2.24) is 4.98 Å². The zero-order valence-corrected chi connectivity index (χ0v) is 10.5. The normalized spacial score (nSPS) is 11.4. The fourth-order valence-corrected chi connectivity index (χ4v) is 2.01. The molecule has 3 rings (SSSR count). The van der Waals surface area contributed by atoms with E-state index in [0.29, 0.717) is 22.0 Å². The molecule has 94 valence electrons. The molecule has 0 aliphatic carbocycles. The van der Waals surface area contributed by atoms with Crippen LogP contribution in [0.3, 0.4) is 0 Å². The molecule has 0 aliphatic rings. The van der Waals surface area contributed by atoms with Crippen LogP contribution in [0.25, 0.3) is 22.6 Å². The molecule has 1 heterocycles. The first kappa shape index (κ1) is 11.7. The third-order valence-electron chi connectivity index (χ3n) is 2.69. The zero-order chi connectivity index (χ0) is 13.2. The molecule has 0 amide bonds. The highest BCUT2D eigenvalue weighted by Crippen LogP contribution is 2.26. The summed E-state index contributed by atoms with van der Waals surface area (Å²) < 4.78 is 5.67. The lowest BCUT2D eigenvalue weighted by atomic mass is 10.1. The van der Waals surface area contributed by atoms with E-state index in [4.69, 9.17) is 21.2 Å². The number of fused-ring (bicyclic) bond motifs is 1. The van der Waals surface area contributed by atoms with E-state index in [1.54, 1.807) is 18.2 Å². The maximum absolute atomic E-state index is 8.54. The van der Waals surface area contributed by atoms with E-state index in [9.17, 15) is 0 Å². The predicted octanol–water partition coefficient (Wildman–Crippen LogP) is 3.96. The summed E-state index contributed by atoms with van der Waals surface area (Å²) in [5.74, 6) is 0.505. The predicted molar refractivity (Wildman–Crippen MR) is 73.8 cm³/mol. The number of oxime groups is 1. The lowest BCUT2D eigenvalue weighted by Gasteiger charge is -1.96. The molecule has 19 heavy (non-hydrogen) atoms. The van der Waals surface area contributed by atoms with Gasteiger partial charge in [0.25, 0.3) is 0 Å². The molecule has 0 aliphatic heterocycles. The summed E-state index contributed by atoms with van der Waals surface area (Å²) in [7, 11) is 0. The molecule has 0 spiro atoms. The van der Waals surface area contributed by atoms with Crippen LogP contribution >= 0.6 is 11.6 Å². The third-order valence-corrected chi connectivity index (χ3v) is 2.93. The number of hydrogen-bond acceptors (Lipinski definition) is 4. The van der Waals surface area contributed by atoms with Gasteiger partial charge in [0.1, 0.15) is 5.52 Å². The monoisotopic (exact) mass is 272 g/mol. The van der Waals surface area contributed by atoms with Crippen LogP contribution in [-0.2, 0) is 0 Å². The van der Waals surface area contributed by atoms with Crippen molar-refractivity contribution in [3.05, 3.63) is 53.1 Å². The number of rotatable bonds is 2. The summed E-state index contributed by atoms with van der Waals surface area (Å²) in [5, 5.41) is 12.2. The average Bonchev–Trinajstić information content (AvgIpc) is 2.82. The Labute approximate surface area is 113 Å². The summed E-state index contributed by atoms with van der Waals surface area (Å²) >= 11 is 5.91. The van der Waals surface area contributed by atoms with E-state index < -0.39 is 0 Å². The molecule has 1 N–H and O–H groups in total. The minimum Gasteiger partial charge on any atom is -0.436 e. The highest BCUT2D eigenvalue weighted by Gasteiger charge is 2.08. The van der Waals surface area contributed by atoms with Gasteiger partial charge in [-0.3, -0.25) is 0 Å². The first-order chi connectivity index (χ1) is 9.26. The Kier molecular flexibility index (Phi) is 2.93. The van der Waals surface area contributed by atoms with Crippen molar-refractivity contribution in [2.45, 2.75) is 0 Å². The second-order valence-corrected chi connectivity index (χ2v) is 4.44. The fraction of sp³-hybridized carbons (Fsp3) is 0. The van der Waals surface area contributed by atoms with Crippen molar-refractivity contribution >= 4 is 28.9 Å². The van der Waals surface area contributed by atoms with Gasteiger partial charge >= 0.3 is 0 Å². The summed E-state index contributed by atoms with van der Waals surface area (Å²) in [6.07, 6.45) is 1.35. The van der Waals surface area contributed by atoms with Crippen molar-refractivity contribution in [3.63, 3.8) is 0 Å². The smallest absolute Gasteiger partial charge is 0.227 e. The van der Waals surface area contributed by atoms with Gasteiger partial charge in [0.05, 0.1) is 6.21 Å². The van der Waals surface area contributed by atoms with Gasteiger partial charge < -0.3 is 9.62 Å². The first-order valence-corrected chi connectivity index (χ1v) is 5.98. The van der Waals surface area contributed by atoms with Crippen molar-refractivity contribution in [2.75, 3.05) is 0 Å². The minimum atomic E-state index is 0.505. The van der Waals surface area contributed by atoms with Crippen LogP contribution in [0.15, 0.2) is 52.0 Å². The highest BCUT2D eigenvalue weighted by molar-refractivity contribution is 6.31. The van der Waals surface area contributed by atoms with Crippen molar-refractivity contribution in [2.24, 2.45) is 5.16 Å². The molecule has 1 aromatic heterocycles. The number of hydrogen-bond donors (Lipinski definition) is 1. The molecule has 5 heteroatoms. The fourth-order valence-electron chi connectivity index (χ4n) is 1.84. The van der Waals surface area contributed by atoms with Crippen molar-refractivity contribution in [1.29, 1.82) is 0 Å². The minimum absolute atomic E-state index is 0.505. The summed E-state index contributed by atoms with van der Waals surface area (Å²) in [4.78, 5) is 4.39. The van der Waals surface area contributed by atoms with Crippen LogP contribution in [0, 0.1) is 0 Å². The van der Waals surface area contributed by atoms with Crippen molar-refractivity contribution < 1.29 is 9.62 Å². The maximum Gasteiger partial charge on any atom is 0.227 e. The van der Waals surface area contributed by atoms with E-state index in [-0.39, 0.29) is 0 Å². The van der Waals surface area contributed by atoms with Crippen LogP contribution in [0.1, 0.15) is 5.56 Å². The average molecular weight is 273 g/mol. The Morgan fingerprint density at radius 3 is 2.95 bits per heavy atom. The molecule has 0 saturated carbocycles. The largest absolute Gasteiger partial charge is 0.436 e. The van der Waals surface area contributed by atoms with E-state index in [1.807, 2.05) is 24.3 Å². The maximum atomic E-state index is 8.54. The van der Waals surface area contributed by atoms with Crippen LogP contribution in [-0.4, -0.2) is 16.4 Å². The molecule has 0 unspecified atom stereocenters. The number of oxazole rings is 1. The third kappa shape index (κ3) is 2.30. The second kappa shape index (κ2) is 4.74. The van der Waals surface area contributed by atoms with Gasteiger partial charge in [-0.25, -0.2) is 4.98 Å². The molecule has 3 aromatic rings. The molecule has 0 atom stereocenters. The highest BCUT2D eigenvalue weighted by atomic mass is 35.5. The van der Waals surface area contributed by atoms with Gasteiger partial charge in [0.15, 0.2) is 5.58 Å². The molecule has 2 aromatic carbocycles. The molecule has 0 saturated heterocycles. The first-order valence-electron chi connectivity index (χ1n) is 5.60. The Morgan fingerprint density at radius 1 is 1.21 bits per heavy atom. The number of nitrogens with zero attached hydrogens (tertiary/aromatic N) is 2. The SMILES string of the molecule is O/N=C/c1cccc(-c2nc3cc(Cl)ccc3o2)c1. The Morgan fingerprint density at radius 2 is 2.11 bits per heavy atom. The quantitative estimate of drug-likeness (QED) is 0.436. The molecule has 0 radical (unpaired) electrons. The van der Waals surface area contributed by atoms with E-state index in [1.165, 1.54) is 6.21 Å². The van der Waals surface area contributed by atoms with Gasteiger partial charge in [-0.05, 0) is 35.9 Å². The van der Waals surface area contributed by atoms with Crippen LogP contribution in [0.2, 0.25) is 5.02 Å². The Balaban J connectivity index is 2.10. The topological polar surface area (TPSA) is 58.6 Å². The van der Waals surface area contributed by atoms with Crippen molar-refractivity contribution in [3.8, 4) is 11.5 Å². The van der Waals surface area contributed by atoms with Gasteiger partial charge in [-0.2, -0.15) is 0 Å². The molecule has 0 fully saturated rings. The van der Waals surface area contributed by atoms with E-state index in [2.05, 4.69) is 10.1 Å². The summed E-state index contributed by atoms with van der Waals surface area (Å²) in [6, 6.07) is 12.7. The molecule has 0 bridgehead atoms. The Bertz CT molecular complexity index is 765. The lowest BCUT2D eigenvalue weighted by Crippen LogP contribution is -1.83. The van der Waals surface area contributed by atoms with E-state index in [0.717, 1.165) is 11.1 Å². The summed E-state index contributed by atoms with van der Waals surface area (Å²) in [6.45, 7) is 0. The lowest BCUT2D eigenvalue weighted by molar-refractivity contribution is 0.322. The standard InChI is InChI=1S/C14H9ClN2O2/c15-11-4-5-13-12(7-11)17-14(19-13)10-3-1-2-9(6-10)8-16-18/h1-8,18H/b16-8+.